The van der Waals surface area contributed by atoms with Crippen molar-refractivity contribution in [1.82, 2.24) is 0 Å². The van der Waals surface area contributed by atoms with Crippen molar-refractivity contribution in [2.24, 2.45) is 0 Å². The van der Waals surface area contributed by atoms with Crippen LogP contribution in [0.2, 0.25) is 0 Å². The quantitative estimate of drug-likeness (QED) is 0.210. The summed E-state index contributed by atoms with van der Waals surface area (Å²) in [6.45, 7) is 0. The Balaban J connectivity index is 1.09. The SMILES string of the molecule is c1ccc2c(c1)Oc1ccc(-c3ccc(-c4ccc(-c5cccc6c5ccc5ccccc56)cc4)o3)c3cccc-2c13. The molecule has 0 atom stereocenters. The molecule has 0 saturated carbocycles. The minimum absolute atomic E-state index is 0.845. The van der Waals surface area contributed by atoms with E-state index in [1.165, 1.54) is 38.2 Å². The maximum atomic E-state index is 6.49. The maximum absolute atomic E-state index is 6.49. The van der Waals surface area contributed by atoms with E-state index in [0.717, 1.165) is 50.5 Å². The van der Waals surface area contributed by atoms with Crippen molar-refractivity contribution in [3.63, 3.8) is 0 Å². The highest BCUT2D eigenvalue weighted by molar-refractivity contribution is 6.12. The standard InChI is InChI=1S/C40H24O2/c1-2-8-28-25(7-1)19-20-31-29(10-5-11-30(28)31)26-15-17-27(18-16-26)36-23-24-38(41-36)33-21-22-39-40-34(12-6-13-35(33)40)32-9-3-4-14-37(32)42-39/h1-24H. The lowest BCUT2D eigenvalue weighted by atomic mass is 9.92. The second-order valence-corrected chi connectivity index (χ2v) is 10.9. The highest BCUT2D eigenvalue weighted by Gasteiger charge is 2.22. The van der Waals surface area contributed by atoms with Gasteiger partial charge in [0.25, 0.3) is 0 Å². The number of rotatable bonds is 3. The molecule has 0 amide bonds. The van der Waals surface area contributed by atoms with E-state index >= 15 is 0 Å². The van der Waals surface area contributed by atoms with Gasteiger partial charge in [0.05, 0.1) is 0 Å². The van der Waals surface area contributed by atoms with Gasteiger partial charge in [0, 0.05) is 22.1 Å². The molecule has 2 heteroatoms. The van der Waals surface area contributed by atoms with E-state index in [1.807, 2.05) is 12.1 Å². The average molecular weight is 537 g/mol. The van der Waals surface area contributed by atoms with E-state index in [1.54, 1.807) is 0 Å². The third-order valence-corrected chi connectivity index (χ3v) is 8.54. The minimum atomic E-state index is 0.845. The zero-order valence-electron chi connectivity index (χ0n) is 22.7. The molecule has 7 aromatic carbocycles. The lowest BCUT2D eigenvalue weighted by Crippen LogP contribution is -1.97. The molecule has 0 bridgehead atoms. The molecule has 8 aromatic rings. The number of ether oxygens (including phenoxy) is 1. The molecule has 2 heterocycles. The summed E-state index contributed by atoms with van der Waals surface area (Å²) in [5, 5.41) is 7.34. The first-order valence-electron chi connectivity index (χ1n) is 14.3. The topological polar surface area (TPSA) is 22.4 Å². The van der Waals surface area contributed by atoms with Gasteiger partial charge < -0.3 is 9.15 Å². The molecule has 42 heavy (non-hydrogen) atoms. The third kappa shape index (κ3) is 3.45. The summed E-state index contributed by atoms with van der Waals surface area (Å²) in [7, 11) is 0. The molecule has 0 unspecified atom stereocenters. The van der Waals surface area contributed by atoms with Crippen molar-refractivity contribution in [2.45, 2.75) is 0 Å². The highest BCUT2D eigenvalue weighted by atomic mass is 16.5. The molecular formula is C40H24O2. The molecule has 0 aliphatic carbocycles. The highest BCUT2D eigenvalue weighted by Crippen LogP contribution is 2.48. The Morgan fingerprint density at radius 1 is 0.333 bits per heavy atom. The van der Waals surface area contributed by atoms with Crippen molar-refractivity contribution in [3.05, 3.63) is 146 Å². The van der Waals surface area contributed by atoms with Gasteiger partial charge in [-0.05, 0) is 74.0 Å². The summed E-state index contributed by atoms with van der Waals surface area (Å²) in [4.78, 5) is 0. The number of hydrogen-bond donors (Lipinski definition) is 0. The molecule has 1 aliphatic rings. The average Bonchev–Trinajstić information content (AvgIpc) is 3.55. The van der Waals surface area contributed by atoms with E-state index in [2.05, 4.69) is 133 Å². The summed E-state index contributed by atoms with van der Waals surface area (Å²) in [6, 6.07) is 51.3. The first-order chi connectivity index (χ1) is 20.8. The number of para-hydroxylation sites is 1. The van der Waals surface area contributed by atoms with Crippen LogP contribution in [0, 0.1) is 0 Å². The Morgan fingerprint density at radius 2 is 1.05 bits per heavy atom. The summed E-state index contributed by atoms with van der Waals surface area (Å²) < 4.78 is 12.8. The molecule has 0 radical (unpaired) electrons. The number of benzene rings is 7. The van der Waals surface area contributed by atoms with E-state index in [4.69, 9.17) is 9.15 Å². The number of hydrogen-bond acceptors (Lipinski definition) is 2. The fraction of sp³-hybridized carbons (Fsp3) is 0. The van der Waals surface area contributed by atoms with Gasteiger partial charge in [0.15, 0.2) is 0 Å². The van der Waals surface area contributed by atoms with Gasteiger partial charge >= 0.3 is 0 Å². The maximum Gasteiger partial charge on any atom is 0.135 e. The van der Waals surface area contributed by atoms with Gasteiger partial charge in [-0.2, -0.15) is 0 Å². The van der Waals surface area contributed by atoms with Crippen LogP contribution in [0.15, 0.2) is 150 Å². The lowest BCUT2D eigenvalue weighted by Gasteiger charge is -2.22. The lowest BCUT2D eigenvalue weighted by molar-refractivity contribution is 0.487. The fourth-order valence-electron chi connectivity index (χ4n) is 6.54. The Kier molecular flexibility index (Phi) is 4.93. The Hall–Kier alpha value is -5.60. The van der Waals surface area contributed by atoms with E-state index < -0.39 is 0 Å². The van der Waals surface area contributed by atoms with Crippen LogP contribution < -0.4 is 4.74 Å². The van der Waals surface area contributed by atoms with Gasteiger partial charge in [0.2, 0.25) is 0 Å². The van der Waals surface area contributed by atoms with Gasteiger partial charge in [-0.1, -0.05) is 115 Å². The van der Waals surface area contributed by atoms with Crippen LogP contribution in [-0.4, -0.2) is 0 Å². The predicted octanol–water partition coefficient (Wildman–Crippen LogP) is 11.5. The smallest absolute Gasteiger partial charge is 0.135 e. The van der Waals surface area contributed by atoms with Gasteiger partial charge in [-0.3, -0.25) is 0 Å². The normalized spacial score (nSPS) is 12.0. The number of fused-ring (bicyclic) bond motifs is 5. The second kappa shape index (κ2) is 8.95. The third-order valence-electron chi connectivity index (χ3n) is 8.54. The molecule has 9 rings (SSSR count). The van der Waals surface area contributed by atoms with Crippen LogP contribution in [0.5, 0.6) is 11.5 Å². The molecule has 1 aliphatic heterocycles. The van der Waals surface area contributed by atoms with Crippen LogP contribution in [0.25, 0.3) is 77.2 Å². The predicted molar refractivity (Wildman–Crippen MR) is 173 cm³/mol. The summed E-state index contributed by atoms with van der Waals surface area (Å²) in [5.74, 6) is 3.47. The first-order valence-corrected chi connectivity index (χ1v) is 14.3. The van der Waals surface area contributed by atoms with Crippen LogP contribution in [0.3, 0.4) is 0 Å². The van der Waals surface area contributed by atoms with Crippen LogP contribution in [0.1, 0.15) is 0 Å². The molecule has 0 saturated heterocycles. The summed E-state index contributed by atoms with van der Waals surface area (Å²) in [6.07, 6.45) is 0. The summed E-state index contributed by atoms with van der Waals surface area (Å²) >= 11 is 0. The van der Waals surface area contributed by atoms with E-state index in [-0.39, 0.29) is 0 Å². The zero-order chi connectivity index (χ0) is 27.6. The fourth-order valence-corrected chi connectivity index (χ4v) is 6.54. The van der Waals surface area contributed by atoms with E-state index in [9.17, 15) is 0 Å². The van der Waals surface area contributed by atoms with Crippen LogP contribution in [0.4, 0.5) is 0 Å². The van der Waals surface area contributed by atoms with Gasteiger partial charge in [-0.15, -0.1) is 0 Å². The van der Waals surface area contributed by atoms with Crippen LogP contribution in [-0.2, 0) is 0 Å². The van der Waals surface area contributed by atoms with Crippen LogP contribution >= 0.6 is 0 Å². The van der Waals surface area contributed by atoms with Crippen molar-refractivity contribution in [1.29, 1.82) is 0 Å². The largest absolute Gasteiger partial charge is 0.456 e. The molecule has 0 fully saturated rings. The molecule has 0 N–H and O–H groups in total. The Bertz CT molecular complexity index is 2320. The molecular weight excluding hydrogens is 512 g/mol. The molecule has 0 spiro atoms. The van der Waals surface area contributed by atoms with Crippen molar-refractivity contribution in [3.8, 4) is 56.4 Å². The molecule has 1 aromatic heterocycles. The molecule has 196 valence electrons. The van der Waals surface area contributed by atoms with E-state index in [0.29, 0.717) is 0 Å². The van der Waals surface area contributed by atoms with Gasteiger partial charge in [-0.25, -0.2) is 0 Å². The first kappa shape index (κ1) is 23.1. The second-order valence-electron chi connectivity index (χ2n) is 10.9. The zero-order valence-corrected chi connectivity index (χ0v) is 22.7. The minimum Gasteiger partial charge on any atom is -0.456 e. The van der Waals surface area contributed by atoms with Crippen molar-refractivity contribution < 1.29 is 9.15 Å². The van der Waals surface area contributed by atoms with Crippen molar-refractivity contribution in [2.75, 3.05) is 0 Å². The summed E-state index contributed by atoms with van der Waals surface area (Å²) in [5.41, 5.74) is 6.84. The number of furan rings is 1. The Labute approximate surface area is 243 Å². The van der Waals surface area contributed by atoms with Gasteiger partial charge in [0.1, 0.15) is 23.0 Å². The molecule has 2 nitrogen and oxygen atoms in total. The van der Waals surface area contributed by atoms with Crippen molar-refractivity contribution >= 4 is 32.3 Å². The Morgan fingerprint density at radius 3 is 1.98 bits per heavy atom. The monoisotopic (exact) mass is 536 g/mol.